The SMILES string of the molecule is C=CCNC(=O)C(C)Sc1nnc(-c2ccc(Br)cc2)n1-c1ccc(OCC)cc1. The van der Waals surface area contributed by atoms with Gasteiger partial charge in [0.15, 0.2) is 11.0 Å². The van der Waals surface area contributed by atoms with Crippen molar-refractivity contribution in [1.29, 1.82) is 0 Å². The van der Waals surface area contributed by atoms with Gasteiger partial charge in [0.05, 0.1) is 11.9 Å². The fourth-order valence-corrected chi connectivity index (χ4v) is 3.91. The van der Waals surface area contributed by atoms with E-state index in [9.17, 15) is 4.79 Å². The summed E-state index contributed by atoms with van der Waals surface area (Å²) in [6.07, 6.45) is 1.66. The Labute approximate surface area is 188 Å². The highest BCUT2D eigenvalue weighted by molar-refractivity contribution is 9.10. The summed E-state index contributed by atoms with van der Waals surface area (Å²) in [6.45, 7) is 8.47. The van der Waals surface area contributed by atoms with Gasteiger partial charge < -0.3 is 10.1 Å². The lowest BCUT2D eigenvalue weighted by Gasteiger charge is -2.14. The molecule has 1 atom stereocenters. The molecule has 0 aliphatic heterocycles. The van der Waals surface area contributed by atoms with Crippen LogP contribution >= 0.6 is 27.7 Å². The molecule has 30 heavy (non-hydrogen) atoms. The van der Waals surface area contributed by atoms with Crippen molar-refractivity contribution in [1.82, 2.24) is 20.1 Å². The smallest absolute Gasteiger partial charge is 0.233 e. The number of carbonyl (C=O) groups excluding carboxylic acids is 1. The monoisotopic (exact) mass is 486 g/mol. The molecular formula is C22H23BrN4O2S. The van der Waals surface area contributed by atoms with E-state index in [0.717, 1.165) is 21.5 Å². The Morgan fingerprint density at radius 3 is 2.57 bits per heavy atom. The number of carbonyl (C=O) groups is 1. The number of benzene rings is 2. The Hall–Kier alpha value is -2.58. The minimum atomic E-state index is -0.339. The normalized spacial score (nSPS) is 11.7. The highest BCUT2D eigenvalue weighted by atomic mass is 79.9. The lowest BCUT2D eigenvalue weighted by Crippen LogP contribution is -2.31. The Morgan fingerprint density at radius 2 is 1.93 bits per heavy atom. The molecule has 2 aromatic carbocycles. The van der Waals surface area contributed by atoms with Gasteiger partial charge in [-0.15, -0.1) is 16.8 Å². The van der Waals surface area contributed by atoms with Gasteiger partial charge in [0, 0.05) is 22.3 Å². The van der Waals surface area contributed by atoms with Crippen molar-refractivity contribution in [2.45, 2.75) is 24.3 Å². The number of ether oxygens (including phenoxy) is 1. The number of nitrogens with zero attached hydrogens (tertiary/aromatic N) is 3. The topological polar surface area (TPSA) is 69.0 Å². The highest BCUT2D eigenvalue weighted by Gasteiger charge is 2.21. The molecule has 0 bridgehead atoms. The molecule has 156 valence electrons. The molecule has 6 nitrogen and oxygen atoms in total. The summed E-state index contributed by atoms with van der Waals surface area (Å²) < 4.78 is 8.50. The highest BCUT2D eigenvalue weighted by Crippen LogP contribution is 2.31. The average molecular weight is 487 g/mol. The average Bonchev–Trinajstić information content (AvgIpc) is 3.16. The molecule has 1 unspecified atom stereocenters. The molecule has 3 aromatic rings. The van der Waals surface area contributed by atoms with Crippen molar-refractivity contribution in [2.24, 2.45) is 0 Å². The molecule has 1 amide bonds. The number of nitrogens with one attached hydrogen (secondary N) is 1. The zero-order valence-electron chi connectivity index (χ0n) is 16.8. The zero-order chi connectivity index (χ0) is 21.5. The molecule has 0 aliphatic carbocycles. The molecule has 1 aromatic heterocycles. The van der Waals surface area contributed by atoms with Crippen LogP contribution < -0.4 is 10.1 Å². The Morgan fingerprint density at radius 1 is 1.23 bits per heavy atom. The first-order chi connectivity index (χ1) is 14.5. The molecular weight excluding hydrogens is 464 g/mol. The van der Waals surface area contributed by atoms with Gasteiger partial charge in [-0.05, 0) is 50.2 Å². The minimum absolute atomic E-state index is 0.0775. The third-order valence-electron chi connectivity index (χ3n) is 4.21. The van der Waals surface area contributed by atoms with E-state index in [2.05, 4.69) is 38.0 Å². The summed E-state index contributed by atoms with van der Waals surface area (Å²) in [5, 5.41) is 11.9. The van der Waals surface area contributed by atoms with Crippen LogP contribution in [-0.2, 0) is 4.79 Å². The first-order valence-corrected chi connectivity index (χ1v) is 11.2. The predicted molar refractivity (Wildman–Crippen MR) is 124 cm³/mol. The fraction of sp³-hybridized carbons (Fsp3) is 0.227. The largest absolute Gasteiger partial charge is 0.494 e. The van der Waals surface area contributed by atoms with Crippen LogP contribution in [0.1, 0.15) is 13.8 Å². The second kappa shape index (κ2) is 10.4. The third-order valence-corrected chi connectivity index (χ3v) is 5.79. The van der Waals surface area contributed by atoms with Crippen molar-refractivity contribution in [3.05, 3.63) is 65.7 Å². The van der Waals surface area contributed by atoms with Crippen LogP contribution in [0.2, 0.25) is 0 Å². The Kier molecular flexibility index (Phi) is 7.70. The number of rotatable bonds is 9. The van der Waals surface area contributed by atoms with Gasteiger partial charge in [-0.1, -0.05) is 45.9 Å². The van der Waals surface area contributed by atoms with E-state index in [0.29, 0.717) is 24.1 Å². The summed E-state index contributed by atoms with van der Waals surface area (Å²) in [5.74, 6) is 1.42. The van der Waals surface area contributed by atoms with E-state index >= 15 is 0 Å². The maximum atomic E-state index is 12.3. The Balaban J connectivity index is 1.99. The summed E-state index contributed by atoms with van der Waals surface area (Å²) in [5.41, 5.74) is 1.82. The molecule has 1 heterocycles. The van der Waals surface area contributed by atoms with Gasteiger partial charge in [-0.3, -0.25) is 9.36 Å². The van der Waals surface area contributed by atoms with E-state index in [1.54, 1.807) is 6.08 Å². The zero-order valence-corrected chi connectivity index (χ0v) is 19.2. The summed E-state index contributed by atoms with van der Waals surface area (Å²) in [7, 11) is 0. The van der Waals surface area contributed by atoms with Gasteiger partial charge in [0.2, 0.25) is 5.91 Å². The second-order valence-electron chi connectivity index (χ2n) is 6.37. The van der Waals surface area contributed by atoms with Crippen molar-refractivity contribution >= 4 is 33.6 Å². The number of thioether (sulfide) groups is 1. The molecule has 0 aliphatic rings. The van der Waals surface area contributed by atoms with E-state index in [1.165, 1.54) is 11.8 Å². The van der Waals surface area contributed by atoms with Crippen LogP contribution in [0.3, 0.4) is 0 Å². The lowest BCUT2D eigenvalue weighted by atomic mass is 10.2. The standard InChI is InChI=1S/C22H23BrN4O2S/c1-4-14-24-21(28)15(3)30-22-26-25-20(16-6-8-17(23)9-7-16)27(22)18-10-12-19(13-11-18)29-5-2/h4,6-13,15H,1,5,14H2,2-3H3,(H,24,28). The molecule has 0 radical (unpaired) electrons. The molecule has 3 rings (SSSR count). The lowest BCUT2D eigenvalue weighted by molar-refractivity contribution is -0.120. The molecule has 0 saturated heterocycles. The van der Waals surface area contributed by atoms with Crippen molar-refractivity contribution < 1.29 is 9.53 Å². The van der Waals surface area contributed by atoms with Crippen LogP contribution in [-0.4, -0.2) is 39.1 Å². The van der Waals surface area contributed by atoms with Gasteiger partial charge in [-0.25, -0.2) is 0 Å². The van der Waals surface area contributed by atoms with Crippen LogP contribution in [0, 0.1) is 0 Å². The molecule has 0 fully saturated rings. The van der Waals surface area contributed by atoms with Gasteiger partial charge in [0.1, 0.15) is 5.75 Å². The Bertz CT molecular complexity index is 1000. The minimum Gasteiger partial charge on any atom is -0.494 e. The second-order valence-corrected chi connectivity index (χ2v) is 8.59. The van der Waals surface area contributed by atoms with Crippen molar-refractivity contribution in [2.75, 3.05) is 13.2 Å². The predicted octanol–water partition coefficient (Wildman–Crippen LogP) is 4.88. The van der Waals surface area contributed by atoms with Crippen LogP contribution in [0.5, 0.6) is 5.75 Å². The summed E-state index contributed by atoms with van der Waals surface area (Å²) in [6, 6.07) is 15.6. The number of halogens is 1. The first-order valence-electron chi connectivity index (χ1n) is 9.53. The number of amides is 1. The van der Waals surface area contributed by atoms with Gasteiger partial charge >= 0.3 is 0 Å². The van der Waals surface area contributed by atoms with Crippen LogP contribution in [0.25, 0.3) is 17.1 Å². The maximum absolute atomic E-state index is 12.3. The maximum Gasteiger partial charge on any atom is 0.233 e. The van der Waals surface area contributed by atoms with Crippen molar-refractivity contribution in [3.63, 3.8) is 0 Å². The van der Waals surface area contributed by atoms with Gasteiger partial charge in [0.25, 0.3) is 0 Å². The van der Waals surface area contributed by atoms with Crippen LogP contribution in [0.4, 0.5) is 0 Å². The van der Waals surface area contributed by atoms with Crippen LogP contribution in [0.15, 0.2) is 70.8 Å². The van der Waals surface area contributed by atoms with E-state index in [-0.39, 0.29) is 11.2 Å². The molecule has 8 heteroatoms. The fourth-order valence-electron chi connectivity index (χ4n) is 2.75. The van der Waals surface area contributed by atoms with E-state index in [4.69, 9.17) is 4.74 Å². The molecule has 0 spiro atoms. The van der Waals surface area contributed by atoms with Gasteiger partial charge in [-0.2, -0.15) is 0 Å². The number of aromatic nitrogens is 3. The number of hydrogen-bond acceptors (Lipinski definition) is 5. The first kappa shape index (κ1) is 22.1. The number of hydrogen-bond donors (Lipinski definition) is 1. The summed E-state index contributed by atoms with van der Waals surface area (Å²) >= 11 is 4.83. The molecule has 1 N–H and O–H groups in total. The van der Waals surface area contributed by atoms with Crippen molar-refractivity contribution in [3.8, 4) is 22.8 Å². The van der Waals surface area contributed by atoms with E-state index < -0.39 is 0 Å². The van der Waals surface area contributed by atoms with E-state index in [1.807, 2.05) is 66.9 Å². The third kappa shape index (κ3) is 5.31. The quantitative estimate of drug-likeness (QED) is 0.344. The molecule has 0 saturated carbocycles. The summed E-state index contributed by atoms with van der Waals surface area (Å²) in [4.78, 5) is 12.3.